The van der Waals surface area contributed by atoms with Gasteiger partial charge in [0.15, 0.2) is 0 Å². The van der Waals surface area contributed by atoms with E-state index in [1.54, 1.807) is 4.90 Å². The second-order valence-electron chi connectivity index (χ2n) is 3.56. The Morgan fingerprint density at radius 1 is 1.40 bits per heavy atom. The number of aliphatic hydroxyl groups is 1. The Hall–Kier alpha value is -1.14. The van der Waals surface area contributed by atoms with E-state index in [0.717, 1.165) is 6.42 Å². The Morgan fingerprint density at radius 3 is 2.67 bits per heavy atom. The lowest BCUT2D eigenvalue weighted by Crippen LogP contribution is -2.33. The predicted molar refractivity (Wildman–Crippen MR) is 50.2 cm³/mol. The largest absolute Gasteiger partial charge is 0.480 e. The first-order chi connectivity index (χ1) is 7.13. The monoisotopic (exact) mass is 217 g/mol. The molecule has 1 saturated heterocycles. The van der Waals surface area contributed by atoms with Crippen molar-refractivity contribution >= 4 is 11.9 Å². The van der Waals surface area contributed by atoms with Crippen LogP contribution in [0.2, 0.25) is 0 Å². The standard InChI is InChI=1S/C9H15NO5/c11-4-7-1-2-10(3-7)8(12)5-15-6-9(13)14/h7,11H,1-6H2,(H,13,14). The fraction of sp³-hybridized carbons (Fsp3) is 0.778. The number of rotatable bonds is 5. The third-order valence-corrected chi connectivity index (χ3v) is 2.35. The van der Waals surface area contributed by atoms with Crippen molar-refractivity contribution in [1.29, 1.82) is 0 Å². The number of carboxylic acids is 1. The van der Waals surface area contributed by atoms with Crippen LogP contribution in [-0.2, 0) is 14.3 Å². The maximum atomic E-state index is 11.4. The summed E-state index contributed by atoms with van der Waals surface area (Å²) in [5, 5.41) is 17.2. The van der Waals surface area contributed by atoms with Crippen LogP contribution in [0.3, 0.4) is 0 Å². The van der Waals surface area contributed by atoms with Crippen molar-refractivity contribution in [2.75, 3.05) is 32.9 Å². The van der Waals surface area contributed by atoms with E-state index >= 15 is 0 Å². The van der Waals surface area contributed by atoms with Crippen molar-refractivity contribution in [3.8, 4) is 0 Å². The molecule has 1 rings (SSSR count). The maximum Gasteiger partial charge on any atom is 0.329 e. The molecule has 1 atom stereocenters. The second kappa shape index (κ2) is 5.67. The Balaban J connectivity index is 2.20. The zero-order valence-corrected chi connectivity index (χ0v) is 8.39. The molecule has 1 amide bonds. The van der Waals surface area contributed by atoms with Gasteiger partial charge in [0.25, 0.3) is 0 Å². The molecule has 0 spiro atoms. The first-order valence-electron chi connectivity index (χ1n) is 4.81. The summed E-state index contributed by atoms with van der Waals surface area (Å²) in [4.78, 5) is 23.1. The highest BCUT2D eigenvalue weighted by molar-refractivity contribution is 5.78. The van der Waals surface area contributed by atoms with Gasteiger partial charge in [-0.25, -0.2) is 4.79 Å². The first kappa shape index (κ1) is 11.9. The summed E-state index contributed by atoms with van der Waals surface area (Å²) >= 11 is 0. The van der Waals surface area contributed by atoms with Crippen LogP contribution < -0.4 is 0 Å². The fourth-order valence-electron chi connectivity index (χ4n) is 1.53. The predicted octanol–water partition coefficient (Wildman–Crippen LogP) is -1.07. The fourth-order valence-corrected chi connectivity index (χ4v) is 1.53. The molecule has 2 N–H and O–H groups in total. The van der Waals surface area contributed by atoms with E-state index in [-0.39, 0.29) is 25.0 Å². The van der Waals surface area contributed by atoms with Crippen LogP contribution in [0.15, 0.2) is 0 Å². The van der Waals surface area contributed by atoms with E-state index in [9.17, 15) is 9.59 Å². The van der Waals surface area contributed by atoms with E-state index in [4.69, 9.17) is 10.2 Å². The number of carboxylic acid groups (broad SMARTS) is 1. The number of aliphatic hydroxyl groups excluding tert-OH is 1. The third-order valence-electron chi connectivity index (χ3n) is 2.35. The molecule has 15 heavy (non-hydrogen) atoms. The molecule has 1 fully saturated rings. The topological polar surface area (TPSA) is 87.1 Å². The number of amides is 1. The van der Waals surface area contributed by atoms with Gasteiger partial charge in [0.1, 0.15) is 13.2 Å². The van der Waals surface area contributed by atoms with Gasteiger partial charge in [-0.3, -0.25) is 4.79 Å². The van der Waals surface area contributed by atoms with Crippen LogP contribution in [-0.4, -0.2) is 59.9 Å². The van der Waals surface area contributed by atoms with Gasteiger partial charge in [-0.05, 0) is 6.42 Å². The summed E-state index contributed by atoms with van der Waals surface area (Å²) in [7, 11) is 0. The van der Waals surface area contributed by atoms with E-state index in [1.807, 2.05) is 0 Å². The molecule has 6 nitrogen and oxygen atoms in total. The molecular weight excluding hydrogens is 202 g/mol. The molecule has 1 aliphatic heterocycles. The van der Waals surface area contributed by atoms with Crippen molar-refractivity contribution < 1.29 is 24.5 Å². The third kappa shape index (κ3) is 3.85. The summed E-state index contributed by atoms with van der Waals surface area (Å²) in [6.07, 6.45) is 0.793. The van der Waals surface area contributed by atoms with Crippen LogP contribution in [0, 0.1) is 5.92 Å². The van der Waals surface area contributed by atoms with Crippen LogP contribution in [0.25, 0.3) is 0 Å². The number of nitrogens with zero attached hydrogens (tertiary/aromatic N) is 1. The molecular formula is C9H15NO5. The molecule has 1 aliphatic rings. The minimum absolute atomic E-state index is 0.0831. The number of ether oxygens (including phenoxy) is 1. The van der Waals surface area contributed by atoms with Crippen LogP contribution in [0.5, 0.6) is 0 Å². The Kier molecular flexibility index (Phi) is 4.51. The highest BCUT2D eigenvalue weighted by Crippen LogP contribution is 2.15. The number of aliphatic carboxylic acids is 1. The molecule has 1 heterocycles. The van der Waals surface area contributed by atoms with Gasteiger partial charge in [0, 0.05) is 25.6 Å². The molecule has 0 radical (unpaired) electrons. The van der Waals surface area contributed by atoms with Crippen LogP contribution >= 0.6 is 0 Å². The molecule has 0 aromatic heterocycles. The van der Waals surface area contributed by atoms with E-state index in [1.165, 1.54) is 0 Å². The summed E-state index contributed by atoms with van der Waals surface area (Å²) in [5.41, 5.74) is 0. The van der Waals surface area contributed by atoms with E-state index < -0.39 is 12.6 Å². The zero-order valence-electron chi connectivity index (χ0n) is 8.39. The molecule has 6 heteroatoms. The number of likely N-dealkylation sites (tertiary alicyclic amines) is 1. The molecule has 0 aromatic rings. The van der Waals surface area contributed by atoms with Gasteiger partial charge in [0.05, 0.1) is 0 Å². The van der Waals surface area contributed by atoms with Gasteiger partial charge in [-0.1, -0.05) is 0 Å². The van der Waals surface area contributed by atoms with Crippen LogP contribution in [0.4, 0.5) is 0 Å². The maximum absolute atomic E-state index is 11.4. The van der Waals surface area contributed by atoms with Gasteiger partial charge >= 0.3 is 5.97 Å². The van der Waals surface area contributed by atoms with Crippen molar-refractivity contribution in [1.82, 2.24) is 4.90 Å². The molecule has 0 aromatic carbocycles. The van der Waals surface area contributed by atoms with Crippen molar-refractivity contribution in [2.45, 2.75) is 6.42 Å². The Bertz CT molecular complexity index is 243. The van der Waals surface area contributed by atoms with Crippen molar-refractivity contribution in [3.05, 3.63) is 0 Å². The summed E-state index contributed by atoms with van der Waals surface area (Å²) < 4.78 is 4.68. The molecule has 86 valence electrons. The number of carbonyl (C=O) groups is 2. The van der Waals surface area contributed by atoms with Crippen LogP contribution in [0.1, 0.15) is 6.42 Å². The number of hydrogen-bond donors (Lipinski definition) is 2. The lowest BCUT2D eigenvalue weighted by Gasteiger charge is -2.15. The quantitative estimate of drug-likeness (QED) is 0.612. The average Bonchev–Trinajstić information content (AvgIpc) is 2.65. The molecule has 0 saturated carbocycles. The number of hydrogen-bond acceptors (Lipinski definition) is 4. The second-order valence-corrected chi connectivity index (χ2v) is 3.56. The molecule has 0 bridgehead atoms. The van der Waals surface area contributed by atoms with Gasteiger partial charge in [-0.15, -0.1) is 0 Å². The highest BCUT2D eigenvalue weighted by atomic mass is 16.5. The van der Waals surface area contributed by atoms with Gasteiger partial charge in [-0.2, -0.15) is 0 Å². The summed E-state index contributed by atoms with van der Waals surface area (Å²) in [6.45, 7) is 0.569. The molecule has 1 unspecified atom stereocenters. The van der Waals surface area contributed by atoms with Gasteiger partial charge in [0.2, 0.25) is 5.91 Å². The zero-order chi connectivity index (χ0) is 11.3. The van der Waals surface area contributed by atoms with Gasteiger partial charge < -0.3 is 19.8 Å². The van der Waals surface area contributed by atoms with Crippen molar-refractivity contribution in [3.63, 3.8) is 0 Å². The molecule has 0 aliphatic carbocycles. The van der Waals surface area contributed by atoms with Crippen molar-refractivity contribution in [2.24, 2.45) is 5.92 Å². The number of carbonyl (C=O) groups excluding carboxylic acids is 1. The highest BCUT2D eigenvalue weighted by Gasteiger charge is 2.25. The smallest absolute Gasteiger partial charge is 0.329 e. The average molecular weight is 217 g/mol. The van der Waals surface area contributed by atoms with E-state index in [0.29, 0.717) is 13.1 Å². The van der Waals surface area contributed by atoms with E-state index in [2.05, 4.69) is 4.74 Å². The Morgan fingerprint density at radius 2 is 2.13 bits per heavy atom. The summed E-state index contributed by atoms with van der Waals surface area (Å²) in [5.74, 6) is -1.15. The Labute approximate surface area is 87.4 Å². The normalized spacial score (nSPS) is 20.6. The minimum atomic E-state index is -1.09. The first-order valence-corrected chi connectivity index (χ1v) is 4.81. The lowest BCUT2D eigenvalue weighted by molar-refractivity contribution is -0.145. The SMILES string of the molecule is O=C(O)COCC(=O)N1CCC(CO)C1. The summed E-state index contributed by atoms with van der Waals surface area (Å²) in [6, 6.07) is 0. The lowest BCUT2D eigenvalue weighted by atomic mass is 10.1. The minimum Gasteiger partial charge on any atom is -0.480 e.